The molecule has 0 spiro atoms. The van der Waals surface area contributed by atoms with Gasteiger partial charge in [-0.15, -0.1) is 11.3 Å². The molecule has 2 N–H and O–H groups in total. The predicted octanol–water partition coefficient (Wildman–Crippen LogP) is 4.18. The van der Waals surface area contributed by atoms with Crippen LogP contribution in [0.3, 0.4) is 0 Å². The normalized spacial score (nSPS) is 10.4. The van der Waals surface area contributed by atoms with Crippen molar-refractivity contribution in [2.45, 2.75) is 19.9 Å². The number of carbonyl (C=O) groups is 1. The quantitative estimate of drug-likeness (QED) is 0.583. The highest BCUT2D eigenvalue weighted by molar-refractivity contribution is 7.15. The first-order valence-electron chi connectivity index (χ1n) is 9.35. The van der Waals surface area contributed by atoms with E-state index in [2.05, 4.69) is 15.6 Å². The van der Waals surface area contributed by atoms with Crippen LogP contribution >= 0.6 is 11.3 Å². The number of aromatic nitrogens is 1. The summed E-state index contributed by atoms with van der Waals surface area (Å²) in [5, 5.41) is 6.76. The minimum Gasteiger partial charge on any atom is -0.493 e. The number of hydrogen-bond acceptors (Lipinski definition) is 5. The Labute approximate surface area is 174 Å². The molecule has 7 heteroatoms. The smallest absolute Gasteiger partial charge is 0.315 e. The van der Waals surface area contributed by atoms with Crippen LogP contribution < -0.4 is 20.1 Å². The van der Waals surface area contributed by atoms with Gasteiger partial charge in [0, 0.05) is 17.0 Å². The summed E-state index contributed by atoms with van der Waals surface area (Å²) >= 11 is 1.60. The van der Waals surface area contributed by atoms with Crippen LogP contribution in [-0.4, -0.2) is 31.8 Å². The molecule has 3 aromatic rings. The zero-order valence-corrected chi connectivity index (χ0v) is 17.6. The molecule has 2 aromatic carbocycles. The molecule has 0 atom stereocenters. The molecule has 0 unspecified atom stereocenters. The SMILES string of the molecule is COc1ccc(CCNC(=O)NCc2sc(-c3ccccc3)nc2C)cc1OC. The fourth-order valence-electron chi connectivity index (χ4n) is 2.88. The van der Waals surface area contributed by atoms with E-state index in [9.17, 15) is 4.79 Å². The summed E-state index contributed by atoms with van der Waals surface area (Å²) in [6, 6.07) is 15.6. The molecule has 1 heterocycles. The lowest BCUT2D eigenvalue weighted by Gasteiger charge is -2.10. The van der Waals surface area contributed by atoms with Crippen LogP contribution in [0.1, 0.15) is 16.1 Å². The summed E-state index contributed by atoms with van der Waals surface area (Å²) in [5.74, 6) is 1.38. The maximum absolute atomic E-state index is 12.1. The average Bonchev–Trinajstić information content (AvgIpc) is 3.13. The maximum atomic E-state index is 12.1. The molecule has 1 aromatic heterocycles. The van der Waals surface area contributed by atoms with Crippen LogP contribution in [0.2, 0.25) is 0 Å². The van der Waals surface area contributed by atoms with Gasteiger partial charge in [0.1, 0.15) is 5.01 Å². The molecule has 0 radical (unpaired) electrons. The molecule has 3 rings (SSSR count). The number of aryl methyl sites for hydroxylation is 1. The van der Waals surface area contributed by atoms with Crippen molar-refractivity contribution in [2.24, 2.45) is 0 Å². The van der Waals surface area contributed by atoms with E-state index < -0.39 is 0 Å². The van der Waals surface area contributed by atoms with E-state index in [-0.39, 0.29) is 6.03 Å². The van der Waals surface area contributed by atoms with Crippen molar-refractivity contribution in [3.05, 3.63) is 64.7 Å². The molecular weight excluding hydrogens is 386 g/mol. The van der Waals surface area contributed by atoms with Gasteiger partial charge < -0.3 is 20.1 Å². The van der Waals surface area contributed by atoms with Gasteiger partial charge in [-0.2, -0.15) is 0 Å². The molecule has 0 aliphatic carbocycles. The van der Waals surface area contributed by atoms with Crippen molar-refractivity contribution >= 4 is 17.4 Å². The first-order chi connectivity index (χ1) is 14.1. The number of hydrogen-bond donors (Lipinski definition) is 2. The number of methoxy groups -OCH3 is 2. The van der Waals surface area contributed by atoms with Crippen molar-refractivity contribution < 1.29 is 14.3 Å². The van der Waals surface area contributed by atoms with Crippen LogP contribution in [0.4, 0.5) is 4.79 Å². The minimum atomic E-state index is -0.195. The van der Waals surface area contributed by atoms with Gasteiger partial charge in [-0.1, -0.05) is 36.4 Å². The number of nitrogens with one attached hydrogen (secondary N) is 2. The second-order valence-corrected chi connectivity index (χ2v) is 7.53. The van der Waals surface area contributed by atoms with E-state index >= 15 is 0 Å². The van der Waals surface area contributed by atoms with E-state index in [1.54, 1.807) is 25.6 Å². The lowest BCUT2D eigenvalue weighted by molar-refractivity contribution is 0.240. The standard InChI is InChI=1S/C22H25N3O3S/c1-15-20(29-21(25-15)17-7-5-4-6-8-17)14-24-22(26)23-12-11-16-9-10-18(27-2)19(13-16)28-3/h4-10,13H,11-12,14H2,1-3H3,(H2,23,24,26). The molecule has 29 heavy (non-hydrogen) atoms. The highest BCUT2D eigenvalue weighted by Crippen LogP contribution is 2.28. The summed E-state index contributed by atoms with van der Waals surface area (Å²) in [4.78, 5) is 17.8. The number of rotatable bonds is 8. The molecule has 0 bridgehead atoms. The Morgan fingerprint density at radius 1 is 1.03 bits per heavy atom. The Hall–Kier alpha value is -3.06. The van der Waals surface area contributed by atoms with Gasteiger partial charge in [0.05, 0.1) is 26.5 Å². The van der Waals surface area contributed by atoms with Crippen LogP contribution in [-0.2, 0) is 13.0 Å². The zero-order valence-electron chi connectivity index (χ0n) is 16.8. The van der Waals surface area contributed by atoms with Gasteiger partial charge in [0.2, 0.25) is 0 Å². The van der Waals surface area contributed by atoms with Crippen LogP contribution in [0.15, 0.2) is 48.5 Å². The van der Waals surface area contributed by atoms with Gasteiger partial charge in [0.25, 0.3) is 0 Å². The molecular formula is C22H25N3O3S. The zero-order chi connectivity index (χ0) is 20.6. The lowest BCUT2D eigenvalue weighted by Crippen LogP contribution is -2.36. The first kappa shape index (κ1) is 20.7. The second-order valence-electron chi connectivity index (χ2n) is 6.44. The van der Waals surface area contributed by atoms with Gasteiger partial charge >= 0.3 is 6.03 Å². The first-order valence-corrected chi connectivity index (χ1v) is 10.2. The Bertz CT molecular complexity index is 957. The fraction of sp³-hybridized carbons (Fsp3) is 0.273. The largest absolute Gasteiger partial charge is 0.493 e. The van der Waals surface area contributed by atoms with Crippen LogP contribution in [0, 0.1) is 6.92 Å². The van der Waals surface area contributed by atoms with Crippen LogP contribution in [0.5, 0.6) is 11.5 Å². The van der Waals surface area contributed by atoms with Crippen LogP contribution in [0.25, 0.3) is 10.6 Å². The third-order valence-corrected chi connectivity index (χ3v) is 5.68. The number of carbonyl (C=O) groups excluding carboxylic acids is 1. The number of ether oxygens (including phenoxy) is 2. The van der Waals surface area contributed by atoms with Crippen molar-refractivity contribution in [1.82, 2.24) is 15.6 Å². The number of amides is 2. The number of benzene rings is 2. The Balaban J connectivity index is 1.48. The maximum Gasteiger partial charge on any atom is 0.315 e. The Morgan fingerprint density at radius 2 is 1.79 bits per heavy atom. The Kier molecular flexibility index (Phi) is 7.08. The second kappa shape index (κ2) is 9.93. The number of nitrogens with zero attached hydrogens (tertiary/aromatic N) is 1. The summed E-state index contributed by atoms with van der Waals surface area (Å²) in [6.45, 7) is 2.95. The molecule has 0 aliphatic heterocycles. The van der Waals surface area contributed by atoms with Gasteiger partial charge in [0.15, 0.2) is 11.5 Å². The lowest BCUT2D eigenvalue weighted by atomic mass is 10.1. The highest BCUT2D eigenvalue weighted by Gasteiger charge is 2.10. The summed E-state index contributed by atoms with van der Waals surface area (Å²) in [7, 11) is 3.22. The third kappa shape index (κ3) is 5.48. The molecule has 6 nitrogen and oxygen atoms in total. The monoisotopic (exact) mass is 411 g/mol. The third-order valence-electron chi connectivity index (χ3n) is 4.47. The van der Waals surface area contributed by atoms with Crippen molar-refractivity contribution in [2.75, 3.05) is 20.8 Å². The minimum absolute atomic E-state index is 0.195. The van der Waals surface area contributed by atoms with Gasteiger partial charge in [-0.3, -0.25) is 0 Å². The highest BCUT2D eigenvalue weighted by atomic mass is 32.1. The molecule has 0 saturated heterocycles. The van der Waals surface area contributed by atoms with Gasteiger partial charge in [-0.05, 0) is 31.0 Å². The summed E-state index contributed by atoms with van der Waals surface area (Å²) in [5.41, 5.74) is 3.10. The summed E-state index contributed by atoms with van der Waals surface area (Å²) in [6.07, 6.45) is 0.700. The van der Waals surface area contributed by atoms with E-state index in [0.29, 0.717) is 31.0 Å². The van der Waals surface area contributed by atoms with E-state index in [1.807, 2.05) is 55.5 Å². The Morgan fingerprint density at radius 3 is 2.52 bits per heavy atom. The molecule has 0 aliphatic rings. The number of urea groups is 1. The fourth-order valence-corrected chi connectivity index (χ4v) is 3.88. The van der Waals surface area contributed by atoms with Crippen molar-refractivity contribution in [3.63, 3.8) is 0 Å². The number of thiazole rings is 1. The van der Waals surface area contributed by atoms with Gasteiger partial charge in [-0.25, -0.2) is 9.78 Å². The molecule has 2 amide bonds. The average molecular weight is 412 g/mol. The van der Waals surface area contributed by atoms with E-state index in [4.69, 9.17) is 9.47 Å². The van der Waals surface area contributed by atoms with E-state index in [1.165, 1.54) is 0 Å². The molecule has 0 saturated carbocycles. The van der Waals surface area contributed by atoms with Crippen molar-refractivity contribution in [1.29, 1.82) is 0 Å². The van der Waals surface area contributed by atoms with E-state index in [0.717, 1.165) is 26.7 Å². The predicted molar refractivity (Wildman–Crippen MR) is 116 cm³/mol. The molecule has 152 valence electrons. The molecule has 0 fully saturated rings. The summed E-state index contributed by atoms with van der Waals surface area (Å²) < 4.78 is 10.5. The topological polar surface area (TPSA) is 72.5 Å². The van der Waals surface area contributed by atoms with Crippen molar-refractivity contribution in [3.8, 4) is 22.1 Å².